The van der Waals surface area contributed by atoms with Crippen LogP contribution in [-0.4, -0.2) is 17.5 Å². The highest BCUT2D eigenvalue weighted by atomic mass is 35.5. The molecule has 0 unspecified atom stereocenters. The first kappa shape index (κ1) is 19.0. The minimum atomic E-state index is -4.44. The lowest BCUT2D eigenvalue weighted by atomic mass is 9.98. The number of carbonyl (C=O) groups excluding carboxylic acids is 1. The molecule has 0 saturated heterocycles. The molecule has 3 rings (SSSR count). The molecular formula is C19H14ClF3N2O2. The average molecular weight is 395 g/mol. The van der Waals surface area contributed by atoms with Gasteiger partial charge in [-0.2, -0.15) is 13.2 Å². The molecule has 0 bridgehead atoms. The van der Waals surface area contributed by atoms with Gasteiger partial charge in [0.15, 0.2) is 0 Å². The number of rotatable bonds is 2. The standard InChI is InChI=1S/C19H14ClF3N2O2/c1-24-17(26)15-16(20)14-12(4-3-5-13(14)25(2)18(15)27)10-6-8-11(9-7-10)19(21,22)23/h3-9H,1-2H3,(H,24,26). The Hall–Kier alpha value is -2.80. The highest BCUT2D eigenvalue weighted by molar-refractivity contribution is 6.39. The number of hydrogen-bond donors (Lipinski definition) is 1. The molecular weight excluding hydrogens is 381 g/mol. The van der Waals surface area contributed by atoms with Crippen LogP contribution in [0.15, 0.2) is 47.3 Å². The summed E-state index contributed by atoms with van der Waals surface area (Å²) in [6.07, 6.45) is -4.44. The first-order chi connectivity index (χ1) is 12.7. The van der Waals surface area contributed by atoms with Gasteiger partial charge in [0, 0.05) is 19.5 Å². The fourth-order valence-electron chi connectivity index (χ4n) is 2.95. The number of fused-ring (bicyclic) bond motifs is 1. The van der Waals surface area contributed by atoms with Gasteiger partial charge in [-0.3, -0.25) is 9.59 Å². The second-order valence-electron chi connectivity index (χ2n) is 5.91. The molecule has 8 heteroatoms. The number of nitrogens with one attached hydrogen (secondary N) is 1. The lowest BCUT2D eigenvalue weighted by Gasteiger charge is -2.15. The van der Waals surface area contributed by atoms with Crippen LogP contribution in [0, 0.1) is 0 Å². The van der Waals surface area contributed by atoms with E-state index in [0.29, 0.717) is 22.0 Å². The van der Waals surface area contributed by atoms with E-state index >= 15 is 0 Å². The number of aromatic nitrogens is 1. The van der Waals surface area contributed by atoms with Crippen LogP contribution < -0.4 is 10.9 Å². The number of carbonyl (C=O) groups is 1. The minimum Gasteiger partial charge on any atom is -0.355 e. The first-order valence-electron chi connectivity index (χ1n) is 7.87. The Balaban J connectivity index is 2.34. The normalized spacial score (nSPS) is 11.6. The third kappa shape index (κ3) is 3.19. The minimum absolute atomic E-state index is 0.0389. The molecule has 0 aliphatic rings. The Labute approximate surface area is 157 Å². The van der Waals surface area contributed by atoms with Gasteiger partial charge in [-0.05, 0) is 29.3 Å². The summed E-state index contributed by atoms with van der Waals surface area (Å²) in [5.41, 5.74) is -0.0694. The van der Waals surface area contributed by atoms with E-state index in [9.17, 15) is 22.8 Å². The molecule has 0 radical (unpaired) electrons. The molecule has 0 saturated carbocycles. The number of benzene rings is 2. The predicted octanol–water partition coefficient (Wildman–Crippen LogP) is 4.24. The van der Waals surface area contributed by atoms with E-state index in [1.165, 1.54) is 30.8 Å². The summed E-state index contributed by atoms with van der Waals surface area (Å²) in [5, 5.41) is 2.75. The van der Waals surface area contributed by atoms with E-state index in [-0.39, 0.29) is 10.6 Å². The monoisotopic (exact) mass is 394 g/mol. The van der Waals surface area contributed by atoms with E-state index < -0.39 is 23.2 Å². The van der Waals surface area contributed by atoms with Crippen LogP contribution in [0.2, 0.25) is 5.02 Å². The fraction of sp³-hybridized carbons (Fsp3) is 0.158. The Morgan fingerprint density at radius 1 is 1.11 bits per heavy atom. The summed E-state index contributed by atoms with van der Waals surface area (Å²) in [5.74, 6) is -0.635. The van der Waals surface area contributed by atoms with Crippen LogP contribution in [-0.2, 0) is 13.2 Å². The van der Waals surface area contributed by atoms with Crippen LogP contribution in [0.4, 0.5) is 13.2 Å². The maximum absolute atomic E-state index is 12.8. The SMILES string of the molecule is CNC(=O)c1c(Cl)c2c(-c3ccc(C(F)(F)F)cc3)cccc2n(C)c1=O. The first-order valence-corrected chi connectivity index (χ1v) is 8.25. The van der Waals surface area contributed by atoms with Crippen molar-refractivity contribution in [2.75, 3.05) is 7.05 Å². The molecule has 2 aromatic carbocycles. The molecule has 0 atom stereocenters. The van der Waals surface area contributed by atoms with Crippen molar-refractivity contribution in [1.29, 1.82) is 0 Å². The van der Waals surface area contributed by atoms with Crippen molar-refractivity contribution in [3.63, 3.8) is 0 Å². The largest absolute Gasteiger partial charge is 0.416 e. The maximum atomic E-state index is 12.8. The zero-order valence-electron chi connectivity index (χ0n) is 14.3. The van der Waals surface area contributed by atoms with Gasteiger partial charge in [-0.1, -0.05) is 35.9 Å². The molecule has 1 heterocycles. The molecule has 0 aliphatic carbocycles. The maximum Gasteiger partial charge on any atom is 0.416 e. The second-order valence-corrected chi connectivity index (χ2v) is 6.29. The van der Waals surface area contributed by atoms with Gasteiger partial charge in [0.2, 0.25) is 0 Å². The second kappa shape index (κ2) is 6.74. The van der Waals surface area contributed by atoms with Crippen molar-refractivity contribution in [2.24, 2.45) is 7.05 Å². The summed E-state index contributed by atoms with van der Waals surface area (Å²) in [6.45, 7) is 0. The van der Waals surface area contributed by atoms with Crippen LogP contribution >= 0.6 is 11.6 Å². The highest BCUT2D eigenvalue weighted by Gasteiger charge is 2.30. The number of hydrogen-bond acceptors (Lipinski definition) is 2. The van der Waals surface area contributed by atoms with Crippen LogP contribution in [0.1, 0.15) is 15.9 Å². The third-order valence-electron chi connectivity index (χ3n) is 4.34. The Morgan fingerprint density at radius 2 is 1.74 bits per heavy atom. The van der Waals surface area contributed by atoms with Gasteiger partial charge >= 0.3 is 6.18 Å². The lowest BCUT2D eigenvalue weighted by Crippen LogP contribution is -2.31. The van der Waals surface area contributed by atoms with E-state index in [1.807, 2.05) is 0 Å². The molecule has 1 N–H and O–H groups in total. The zero-order valence-corrected chi connectivity index (χ0v) is 15.1. The molecule has 27 heavy (non-hydrogen) atoms. The van der Waals surface area contributed by atoms with E-state index in [1.54, 1.807) is 18.2 Å². The molecule has 1 aromatic heterocycles. The number of halogens is 4. The quantitative estimate of drug-likeness (QED) is 0.707. The van der Waals surface area contributed by atoms with Crippen LogP contribution in [0.3, 0.4) is 0 Å². The van der Waals surface area contributed by atoms with E-state index in [4.69, 9.17) is 11.6 Å². The number of amides is 1. The average Bonchev–Trinajstić information content (AvgIpc) is 2.65. The smallest absolute Gasteiger partial charge is 0.355 e. The van der Waals surface area contributed by atoms with Crippen molar-refractivity contribution in [3.05, 3.63) is 69.0 Å². The van der Waals surface area contributed by atoms with Crippen molar-refractivity contribution < 1.29 is 18.0 Å². The van der Waals surface area contributed by atoms with Gasteiger partial charge in [0.25, 0.3) is 11.5 Å². The van der Waals surface area contributed by atoms with Gasteiger partial charge in [-0.15, -0.1) is 0 Å². The molecule has 3 aromatic rings. The van der Waals surface area contributed by atoms with E-state index in [0.717, 1.165) is 12.1 Å². The Kier molecular flexibility index (Phi) is 4.73. The number of nitrogens with zero attached hydrogens (tertiary/aromatic N) is 1. The number of alkyl halides is 3. The highest BCUT2D eigenvalue weighted by Crippen LogP contribution is 2.36. The molecule has 4 nitrogen and oxygen atoms in total. The molecule has 0 spiro atoms. The van der Waals surface area contributed by atoms with Crippen molar-refractivity contribution in [2.45, 2.75) is 6.18 Å². The lowest BCUT2D eigenvalue weighted by molar-refractivity contribution is -0.137. The van der Waals surface area contributed by atoms with Gasteiger partial charge < -0.3 is 9.88 Å². The van der Waals surface area contributed by atoms with Crippen LogP contribution in [0.5, 0.6) is 0 Å². The van der Waals surface area contributed by atoms with E-state index in [2.05, 4.69) is 5.32 Å². The molecule has 140 valence electrons. The van der Waals surface area contributed by atoms with Gasteiger partial charge in [0.05, 0.1) is 16.1 Å². The number of pyridine rings is 1. The van der Waals surface area contributed by atoms with Crippen molar-refractivity contribution in [3.8, 4) is 11.1 Å². The third-order valence-corrected chi connectivity index (χ3v) is 4.72. The molecule has 0 aliphatic heterocycles. The topological polar surface area (TPSA) is 51.1 Å². The Morgan fingerprint density at radius 3 is 2.30 bits per heavy atom. The summed E-state index contributed by atoms with van der Waals surface area (Å²) in [4.78, 5) is 24.6. The summed E-state index contributed by atoms with van der Waals surface area (Å²) >= 11 is 6.40. The molecule has 0 fully saturated rings. The fourth-order valence-corrected chi connectivity index (χ4v) is 3.31. The van der Waals surface area contributed by atoms with Crippen molar-refractivity contribution >= 4 is 28.4 Å². The van der Waals surface area contributed by atoms with Crippen LogP contribution in [0.25, 0.3) is 22.0 Å². The number of aryl methyl sites for hydroxylation is 1. The van der Waals surface area contributed by atoms with Gasteiger partial charge in [-0.25, -0.2) is 0 Å². The summed E-state index contributed by atoms with van der Waals surface area (Å²) in [7, 11) is 2.88. The molecule has 1 amide bonds. The Bertz CT molecular complexity index is 1100. The van der Waals surface area contributed by atoms with Gasteiger partial charge in [0.1, 0.15) is 5.56 Å². The summed E-state index contributed by atoms with van der Waals surface area (Å²) in [6, 6.07) is 9.62. The van der Waals surface area contributed by atoms with Crippen molar-refractivity contribution in [1.82, 2.24) is 9.88 Å². The predicted molar refractivity (Wildman–Crippen MR) is 98.0 cm³/mol. The summed E-state index contributed by atoms with van der Waals surface area (Å²) < 4.78 is 39.7. The zero-order chi connectivity index (χ0) is 19.9.